The molecule has 0 aromatic heterocycles. The number of likely N-dealkylation sites (N-methyl/N-ethyl adjacent to an activating group) is 1. The molecule has 0 heterocycles. The summed E-state index contributed by atoms with van der Waals surface area (Å²) < 4.78 is 0. The molecule has 1 atom stereocenters. The summed E-state index contributed by atoms with van der Waals surface area (Å²) >= 11 is 1.78. The largest absolute Gasteiger partial charge is 0.355 e. The minimum absolute atomic E-state index is 0. The summed E-state index contributed by atoms with van der Waals surface area (Å²) in [5.74, 6) is 0.624. The fourth-order valence-electron chi connectivity index (χ4n) is 0.955. The third-order valence-electron chi connectivity index (χ3n) is 2.24. The molecule has 112 valence electrons. The maximum Gasteiger partial charge on any atom is 0.243 e. The van der Waals surface area contributed by atoms with E-state index >= 15 is 0 Å². The molecule has 0 spiro atoms. The van der Waals surface area contributed by atoms with Gasteiger partial charge >= 0.3 is 0 Å². The molecule has 5 nitrogen and oxygen atoms in total. The van der Waals surface area contributed by atoms with E-state index in [9.17, 15) is 4.79 Å². The maximum absolute atomic E-state index is 11.5. The van der Waals surface area contributed by atoms with Crippen LogP contribution in [-0.2, 0) is 4.79 Å². The Morgan fingerprint density at radius 1 is 1.47 bits per heavy atom. The van der Waals surface area contributed by atoms with Crippen molar-refractivity contribution in [2.45, 2.75) is 12.2 Å². The summed E-state index contributed by atoms with van der Waals surface area (Å²) in [6.45, 7) is 7.35. The van der Waals surface area contributed by atoms with Crippen LogP contribution < -0.4 is 10.6 Å². The zero-order valence-electron chi connectivity index (χ0n) is 12.1. The number of amides is 1. The Bertz CT molecular complexity index is 297. The highest BCUT2D eigenvalue weighted by atomic mass is 127. The van der Waals surface area contributed by atoms with Gasteiger partial charge in [0.15, 0.2) is 5.96 Å². The molecular formula is C12H25IN4OS. The highest BCUT2D eigenvalue weighted by Gasteiger charge is 2.05. The van der Waals surface area contributed by atoms with Crippen molar-refractivity contribution in [1.29, 1.82) is 0 Å². The van der Waals surface area contributed by atoms with E-state index in [2.05, 4.69) is 35.4 Å². The predicted molar refractivity (Wildman–Crippen MR) is 95.6 cm³/mol. The van der Waals surface area contributed by atoms with Crippen molar-refractivity contribution in [2.75, 3.05) is 40.0 Å². The summed E-state index contributed by atoms with van der Waals surface area (Å²) in [5, 5.41) is 6.77. The lowest BCUT2D eigenvalue weighted by Crippen LogP contribution is -2.41. The summed E-state index contributed by atoms with van der Waals surface area (Å²) in [6, 6.07) is 0. The first-order valence-electron chi connectivity index (χ1n) is 5.87. The molecule has 0 saturated carbocycles. The fraction of sp³-hybridized carbons (Fsp3) is 0.667. The van der Waals surface area contributed by atoms with E-state index in [0.717, 1.165) is 6.54 Å². The third-order valence-corrected chi connectivity index (χ3v) is 3.22. The van der Waals surface area contributed by atoms with Gasteiger partial charge in [-0.15, -0.1) is 30.6 Å². The molecule has 1 amide bonds. The standard InChI is InChI=1S/C12H24N4OS.HI/c1-6-7-13-12(14-8-10(2)18-5)15-9-11(17)16(3)4;/h6,10H,1,7-9H2,2-5H3,(H2,13,14,15);1H. The summed E-state index contributed by atoms with van der Waals surface area (Å²) in [4.78, 5) is 17.2. The summed E-state index contributed by atoms with van der Waals surface area (Å²) in [7, 11) is 3.44. The average molecular weight is 400 g/mol. The molecule has 2 N–H and O–H groups in total. The first-order chi connectivity index (χ1) is 8.51. The number of carbonyl (C=O) groups is 1. The molecule has 0 fully saturated rings. The van der Waals surface area contributed by atoms with Crippen molar-refractivity contribution < 1.29 is 4.79 Å². The number of guanidine groups is 1. The zero-order valence-corrected chi connectivity index (χ0v) is 15.2. The van der Waals surface area contributed by atoms with E-state index in [1.165, 1.54) is 4.90 Å². The normalized spacial score (nSPS) is 12.1. The van der Waals surface area contributed by atoms with Gasteiger partial charge in [-0.05, 0) is 6.26 Å². The van der Waals surface area contributed by atoms with E-state index in [1.807, 2.05) is 0 Å². The molecule has 0 bridgehead atoms. The van der Waals surface area contributed by atoms with Crippen molar-refractivity contribution >= 4 is 47.6 Å². The number of nitrogens with one attached hydrogen (secondary N) is 2. The Morgan fingerprint density at radius 3 is 2.58 bits per heavy atom. The van der Waals surface area contributed by atoms with Gasteiger partial charge < -0.3 is 15.5 Å². The quantitative estimate of drug-likeness (QED) is 0.292. The molecule has 7 heteroatoms. The van der Waals surface area contributed by atoms with Crippen LogP contribution >= 0.6 is 35.7 Å². The van der Waals surface area contributed by atoms with Crippen LogP contribution in [0.2, 0.25) is 0 Å². The molecule has 0 radical (unpaired) electrons. The van der Waals surface area contributed by atoms with Gasteiger partial charge in [0, 0.05) is 32.4 Å². The molecule has 0 aromatic carbocycles. The van der Waals surface area contributed by atoms with E-state index in [-0.39, 0.29) is 36.4 Å². The van der Waals surface area contributed by atoms with Crippen molar-refractivity contribution in [3.63, 3.8) is 0 Å². The minimum Gasteiger partial charge on any atom is -0.355 e. The van der Waals surface area contributed by atoms with E-state index in [4.69, 9.17) is 0 Å². The van der Waals surface area contributed by atoms with Gasteiger partial charge in [-0.3, -0.25) is 4.79 Å². The van der Waals surface area contributed by atoms with Crippen LogP contribution in [0.1, 0.15) is 6.92 Å². The van der Waals surface area contributed by atoms with Crippen molar-refractivity contribution in [3.05, 3.63) is 12.7 Å². The molecule has 0 rings (SSSR count). The van der Waals surface area contributed by atoms with Gasteiger partial charge in [0.1, 0.15) is 6.54 Å². The lowest BCUT2D eigenvalue weighted by molar-refractivity contribution is -0.127. The Morgan fingerprint density at radius 2 is 2.11 bits per heavy atom. The Labute approximate surface area is 137 Å². The molecule has 0 saturated heterocycles. The SMILES string of the molecule is C=CCNC(=NCC(=O)N(C)C)NCC(C)SC.I. The van der Waals surface area contributed by atoms with E-state index in [1.54, 1.807) is 31.9 Å². The first kappa shape index (κ1) is 20.9. The number of halogens is 1. The lowest BCUT2D eigenvalue weighted by Gasteiger charge is -2.15. The van der Waals surface area contributed by atoms with Crippen molar-refractivity contribution in [1.82, 2.24) is 15.5 Å². The molecule has 0 aliphatic carbocycles. The first-order valence-corrected chi connectivity index (χ1v) is 7.16. The number of nitrogens with zero attached hydrogens (tertiary/aromatic N) is 2. The van der Waals surface area contributed by atoms with E-state index < -0.39 is 0 Å². The zero-order chi connectivity index (χ0) is 14.0. The third kappa shape index (κ3) is 11.1. The van der Waals surface area contributed by atoms with Gasteiger partial charge in [-0.1, -0.05) is 13.0 Å². The number of thioether (sulfide) groups is 1. The fourth-order valence-corrected chi connectivity index (χ4v) is 1.20. The maximum atomic E-state index is 11.5. The van der Waals surface area contributed by atoms with Crippen LogP contribution in [0, 0.1) is 0 Å². The van der Waals surface area contributed by atoms with Crippen LogP contribution in [0.15, 0.2) is 17.6 Å². The molecule has 19 heavy (non-hydrogen) atoms. The van der Waals surface area contributed by atoms with Crippen molar-refractivity contribution in [3.8, 4) is 0 Å². The second kappa shape index (κ2) is 12.6. The highest BCUT2D eigenvalue weighted by Crippen LogP contribution is 2.02. The van der Waals surface area contributed by atoms with Crippen LogP contribution in [0.4, 0.5) is 0 Å². The Hall–Kier alpha value is -0.440. The highest BCUT2D eigenvalue weighted by molar-refractivity contribution is 14.0. The van der Waals surface area contributed by atoms with Gasteiger partial charge in [-0.25, -0.2) is 4.99 Å². The number of hydrogen-bond acceptors (Lipinski definition) is 3. The second-order valence-electron chi connectivity index (χ2n) is 4.05. The molecule has 1 unspecified atom stereocenters. The van der Waals surface area contributed by atoms with Gasteiger partial charge in [0.25, 0.3) is 0 Å². The monoisotopic (exact) mass is 400 g/mol. The number of aliphatic imine (C=N–C) groups is 1. The van der Waals surface area contributed by atoms with Crippen LogP contribution in [0.3, 0.4) is 0 Å². The predicted octanol–water partition coefficient (Wildman–Crippen LogP) is 1.17. The molecule has 0 aliphatic heterocycles. The van der Waals surface area contributed by atoms with Gasteiger partial charge in [0.05, 0.1) is 0 Å². The molecule has 0 aliphatic rings. The van der Waals surface area contributed by atoms with Crippen molar-refractivity contribution in [2.24, 2.45) is 4.99 Å². The Balaban J connectivity index is 0. The van der Waals surface area contributed by atoms with Gasteiger partial charge in [-0.2, -0.15) is 11.8 Å². The van der Waals surface area contributed by atoms with Crippen LogP contribution in [-0.4, -0.2) is 62.0 Å². The van der Waals surface area contributed by atoms with Crippen LogP contribution in [0.25, 0.3) is 0 Å². The average Bonchev–Trinajstić information content (AvgIpc) is 2.36. The second-order valence-corrected chi connectivity index (χ2v) is 5.33. The molecule has 0 aromatic rings. The lowest BCUT2D eigenvalue weighted by atomic mass is 10.4. The van der Waals surface area contributed by atoms with E-state index in [0.29, 0.717) is 17.8 Å². The minimum atomic E-state index is -0.0207. The number of hydrogen-bond donors (Lipinski definition) is 2. The number of carbonyl (C=O) groups excluding carboxylic acids is 1. The van der Waals surface area contributed by atoms with Crippen LogP contribution in [0.5, 0.6) is 0 Å². The smallest absolute Gasteiger partial charge is 0.243 e. The molecular weight excluding hydrogens is 375 g/mol. The summed E-state index contributed by atoms with van der Waals surface area (Å²) in [5.41, 5.74) is 0. The Kier molecular flexibility index (Phi) is 13.8. The number of rotatable bonds is 7. The topological polar surface area (TPSA) is 56.7 Å². The summed E-state index contributed by atoms with van der Waals surface area (Å²) in [6.07, 6.45) is 3.82. The van der Waals surface area contributed by atoms with Gasteiger partial charge in [0.2, 0.25) is 5.91 Å².